The first-order valence-electron chi connectivity index (χ1n) is 5.95. The Bertz CT molecular complexity index is 643. The summed E-state index contributed by atoms with van der Waals surface area (Å²) in [5, 5.41) is 9.92. The van der Waals surface area contributed by atoms with Crippen molar-refractivity contribution < 1.29 is 14.7 Å². The highest BCUT2D eigenvalue weighted by molar-refractivity contribution is 6.11. The zero-order chi connectivity index (χ0) is 14.0. The zero-order valence-corrected chi connectivity index (χ0v) is 10.8. The van der Waals surface area contributed by atoms with E-state index in [0.29, 0.717) is 16.7 Å². The number of phenols is 1. The fraction of sp³-hybridized carbons (Fsp3) is 0.125. The Hall–Kier alpha value is -2.42. The van der Waals surface area contributed by atoms with E-state index in [-0.39, 0.29) is 22.9 Å². The van der Waals surface area contributed by atoms with Crippen LogP contribution in [0.25, 0.3) is 0 Å². The Kier molecular flexibility index (Phi) is 3.47. The average molecular weight is 254 g/mol. The van der Waals surface area contributed by atoms with Crippen molar-refractivity contribution in [3.8, 4) is 5.75 Å². The van der Waals surface area contributed by atoms with E-state index >= 15 is 0 Å². The molecular weight excluding hydrogens is 240 g/mol. The highest BCUT2D eigenvalue weighted by Crippen LogP contribution is 2.25. The Morgan fingerprint density at radius 3 is 2.21 bits per heavy atom. The first-order chi connectivity index (χ1) is 9.00. The van der Waals surface area contributed by atoms with Gasteiger partial charge in [-0.1, -0.05) is 30.3 Å². The van der Waals surface area contributed by atoms with Gasteiger partial charge in [0.15, 0.2) is 11.6 Å². The molecule has 0 bridgehead atoms. The van der Waals surface area contributed by atoms with Gasteiger partial charge in [-0.3, -0.25) is 9.59 Å². The minimum absolute atomic E-state index is 0.133. The molecule has 0 spiro atoms. The Labute approximate surface area is 111 Å². The number of phenolic OH excluding ortho intramolecular Hbond substituents is 1. The number of Topliss-reactive ketones (excluding diaryl/α,β-unsaturated/α-hetero) is 1. The second-order valence-corrected chi connectivity index (χ2v) is 4.44. The second-order valence-electron chi connectivity index (χ2n) is 4.44. The lowest BCUT2D eigenvalue weighted by Gasteiger charge is -2.08. The van der Waals surface area contributed by atoms with Gasteiger partial charge in [0, 0.05) is 11.1 Å². The van der Waals surface area contributed by atoms with Gasteiger partial charge in [-0.25, -0.2) is 0 Å². The Morgan fingerprint density at radius 1 is 1.00 bits per heavy atom. The Balaban J connectivity index is 2.50. The third-order valence-corrected chi connectivity index (χ3v) is 3.00. The summed E-state index contributed by atoms with van der Waals surface area (Å²) in [5.74, 6) is -0.549. The second kappa shape index (κ2) is 5.06. The van der Waals surface area contributed by atoms with Crippen molar-refractivity contribution in [2.75, 3.05) is 0 Å². The summed E-state index contributed by atoms with van der Waals surface area (Å²) in [6.07, 6.45) is 0. The van der Waals surface area contributed by atoms with E-state index in [1.165, 1.54) is 13.0 Å². The molecule has 0 aliphatic carbocycles. The van der Waals surface area contributed by atoms with Crippen LogP contribution in [0.4, 0.5) is 0 Å². The maximum Gasteiger partial charge on any atom is 0.196 e. The van der Waals surface area contributed by atoms with Gasteiger partial charge < -0.3 is 5.11 Å². The van der Waals surface area contributed by atoms with Crippen LogP contribution in [0.5, 0.6) is 5.75 Å². The highest BCUT2D eigenvalue weighted by atomic mass is 16.3. The molecule has 0 heterocycles. The molecule has 2 aromatic rings. The number of rotatable bonds is 3. The lowest BCUT2D eigenvalue weighted by Crippen LogP contribution is -2.05. The minimum atomic E-state index is -0.253. The number of aryl methyl sites for hydroxylation is 1. The molecule has 19 heavy (non-hydrogen) atoms. The fourth-order valence-corrected chi connectivity index (χ4v) is 2.00. The molecule has 2 aromatic carbocycles. The van der Waals surface area contributed by atoms with Crippen molar-refractivity contribution in [1.29, 1.82) is 0 Å². The van der Waals surface area contributed by atoms with Gasteiger partial charge in [0.05, 0.1) is 5.56 Å². The van der Waals surface area contributed by atoms with Crippen LogP contribution in [0, 0.1) is 6.92 Å². The van der Waals surface area contributed by atoms with E-state index in [2.05, 4.69) is 0 Å². The normalized spacial score (nSPS) is 10.2. The van der Waals surface area contributed by atoms with Gasteiger partial charge in [-0.05, 0) is 31.5 Å². The summed E-state index contributed by atoms with van der Waals surface area (Å²) in [5.41, 5.74) is 1.84. The third-order valence-electron chi connectivity index (χ3n) is 3.00. The lowest BCUT2D eigenvalue weighted by molar-refractivity contribution is 0.101. The van der Waals surface area contributed by atoms with E-state index in [9.17, 15) is 14.7 Å². The molecule has 0 fully saturated rings. The maximum atomic E-state index is 12.3. The smallest absolute Gasteiger partial charge is 0.196 e. The number of hydrogen-bond donors (Lipinski definition) is 1. The predicted octanol–water partition coefficient (Wildman–Crippen LogP) is 3.13. The van der Waals surface area contributed by atoms with E-state index in [1.54, 1.807) is 37.3 Å². The van der Waals surface area contributed by atoms with Crippen LogP contribution in [-0.2, 0) is 0 Å². The first-order valence-corrected chi connectivity index (χ1v) is 5.95. The molecule has 0 unspecified atom stereocenters. The SMILES string of the molecule is CC(=O)c1cc(O)c(C(=O)c2ccccc2)cc1C. The van der Waals surface area contributed by atoms with Crippen molar-refractivity contribution in [1.82, 2.24) is 0 Å². The summed E-state index contributed by atoms with van der Waals surface area (Å²) in [6.45, 7) is 3.18. The van der Waals surface area contributed by atoms with Crippen LogP contribution >= 0.6 is 0 Å². The van der Waals surface area contributed by atoms with Crippen LogP contribution in [-0.4, -0.2) is 16.7 Å². The molecule has 0 saturated carbocycles. The predicted molar refractivity (Wildman–Crippen MR) is 72.7 cm³/mol. The van der Waals surface area contributed by atoms with Crippen LogP contribution in [0.15, 0.2) is 42.5 Å². The summed E-state index contributed by atoms with van der Waals surface area (Å²) >= 11 is 0. The number of aromatic hydroxyl groups is 1. The summed E-state index contributed by atoms with van der Waals surface area (Å²) in [6, 6.07) is 11.6. The van der Waals surface area contributed by atoms with Gasteiger partial charge in [0.2, 0.25) is 0 Å². The number of carbonyl (C=O) groups excluding carboxylic acids is 2. The highest BCUT2D eigenvalue weighted by Gasteiger charge is 2.16. The molecular formula is C16H14O3. The molecule has 0 atom stereocenters. The van der Waals surface area contributed by atoms with E-state index in [0.717, 1.165) is 0 Å². The average Bonchev–Trinajstić information content (AvgIpc) is 2.41. The first kappa shape index (κ1) is 13.0. The molecule has 0 aliphatic heterocycles. The lowest BCUT2D eigenvalue weighted by atomic mass is 9.96. The molecule has 96 valence electrons. The topological polar surface area (TPSA) is 54.4 Å². The minimum Gasteiger partial charge on any atom is -0.507 e. The van der Waals surface area contributed by atoms with E-state index in [1.807, 2.05) is 6.07 Å². The molecule has 3 heteroatoms. The third kappa shape index (κ3) is 2.55. The van der Waals surface area contributed by atoms with Crippen molar-refractivity contribution in [2.24, 2.45) is 0 Å². The fourth-order valence-electron chi connectivity index (χ4n) is 2.00. The maximum absolute atomic E-state index is 12.3. The monoisotopic (exact) mass is 254 g/mol. The van der Waals surface area contributed by atoms with Crippen molar-refractivity contribution in [2.45, 2.75) is 13.8 Å². The number of benzene rings is 2. The summed E-state index contributed by atoms with van der Waals surface area (Å²) in [4.78, 5) is 23.6. The van der Waals surface area contributed by atoms with Crippen LogP contribution in [0.3, 0.4) is 0 Å². The molecule has 0 saturated heterocycles. The largest absolute Gasteiger partial charge is 0.507 e. The standard InChI is InChI=1S/C16H14O3/c1-10-8-14(15(18)9-13(10)11(2)17)16(19)12-6-4-3-5-7-12/h3-9,18H,1-2H3. The van der Waals surface area contributed by atoms with Crippen LogP contribution in [0.2, 0.25) is 0 Å². The van der Waals surface area contributed by atoms with Gasteiger partial charge in [-0.2, -0.15) is 0 Å². The summed E-state index contributed by atoms with van der Waals surface area (Å²) in [7, 11) is 0. The van der Waals surface area contributed by atoms with Crippen molar-refractivity contribution in [3.05, 3.63) is 64.7 Å². The van der Waals surface area contributed by atoms with Crippen molar-refractivity contribution in [3.63, 3.8) is 0 Å². The number of hydrogen-bond acceptors (Lipinski definition) is 3. The van der Waals surface area contributed by atoms with Crippen molar-refractivity contribution >= 4 is 11.6 Å². The van der Waals surface area contributed by atoms with Gasteiger partial charge in [0.25, 0.3) is 0 Å². The van der Waals surface area contributed by atoms with Gasteiger partial charge in [-0.15, -0.1) is 0 Å². The molecule has 2 rings (SSSR count). The quantitative estimate of drug-likeness (QED) is 0.856. The molecule has 1 N–H and O–H groups in total. The van der Waals surface area contributed by atoms with Gasteiger partial charge in [0.1, 0.15) is 5.75 Å². The van der Waals surface area contributed by atoms with Gasteiger partial charge >= 0.3 is 0 Å². The zero-order valence-electron chi connectivity index (χ0n) is 10.8. The van der Waals surface area contributed by atoms with Crippen LogP contribution < -0.4 is 0 Å². The molecule has 0 amide bonds. The van der Waals surface area contributed by atoms with E-state index in [4.69, 9.17) is 0 Å². The molecule has 0 radical (unpaired) electrons. The van der Waals surface area contributed by atoms with E-state index < -0.39 is 0 Å². The number of ketones is 2. The summed E-state index contributed by atoms with van der Waals surface area (Å²) < 4.78 is 0. The number of carbonyl (C=O) groups is 2. The van der Waals surface area contributed by atoms with Crippen LogP contribution in [0.1, 0.15) is 38.8 Å². The molecule has 3 nitrogen and oxygen atoms in total. The molecule has 0 aliphatic rings. The Morgan fingerprint density at radius 2 is 1.63 bits per heavy atom. The molecule has 0 aromatic heterocycles.